The van der Waals surface area contributed by atoms with Gasteiger partial charge in [0.05, 0.1) is 17.1 Å². The van der Waals surface area contributed by atoms with E-state index in [1.54, 1.807) is 0 Å². The minimum Gasteiger partial charge on any atom is -0.342 e. The van der Waals surface area contributed by atoms with Crippen molar-refractivity contribution in [3.05, 3.63) is 101 Å². The maximum absolute atomic E-state index is 12.8. The summed E-state index contributed by atoms with van der Waals surface area (Å²) in [5.41, 5.74) is 6.11. The zero-order valence-electron chi connectivity index (χ0n) is 17.0. The Kier molecular flexibility index (Phi) is 5.17. The minimum atomic E-state index is -0.223. The fraction of sp³-hybridized carbons (Fsp3) is 0.200. The molecule has 0 spiro atoms. The smallest absolute Gasteiger partial charge is 0.252 e. The summed E-state index contributed by atoms with van der Waals surface area (Å²) in [6.45, 7) is 6.75. The van der Waals surface area contributed by atoms with Gasteiger partial charge in [-0.2, -0.15) is 0 Å². The number of hydrogen-bond donors (Lipinski definition) is 1. The maximum atomic E-state index is 12.8. The first-order valence-corrected chi connectivity index (χ1v) is 9.90. The summed E-state index contributed by atoms with van der Waals surface area (Å²) in [7, 11) is 0. The molecule has 0 aliphatic carbocycles. The van der Waals surface area contributed by atoms with Crippen LogP contribution in [-0.2, 0) is 6.54 Å². The highest BCUT2D eigenvalue weighted by molar-refractivity contribution is 5.95. The molecule has 1 aromatic heterocycles. The first-order valence-electron chi connectivity index (χ1n) is 9.90. The first kappa shape index (κ1) is 18.9. The lowest BCUT2D eigenvalue weighted by atomic mass is 10.1. The number of rotatable bonds is 5. The topological polar surface area (TPSA) is 46.9 Å². The van der Waals surface area contributed by atoms with Crippen LogP contribution >= 0.6 is 0 Å². The number of carbonyl (C=O) groups is 1. The number of benzene rings is 3. The van der Waals surface area contributed by atoms with E-state index in [1.807, 2.05) is 56.3 Å². The van der Waals surface area contributed by atoms with E-state index in [4.69, 9.17) is 4.98 Å². The molecule has 0 fully saturated rings. The zero-order valence-corrected chi connectivity index (χ0v) is 17.0. The van der Waals surface area contributed by atoms with Crippen LogP contribution in [0.5, 0.6) is 0 Å². The van der Waals surface area contributed by atoms with Gasteiger partial charge < -0.3 is 9.88 Å². The van der Waals surface area contributed by atoms with Crippen molar-refractivity contribution in [2.24, 2.45) is 0 Å². The molecule has 4 nitrogen and oxygen atoms in total. The maximum Gasteiger partial charge on any atom is 0.252 e. The predicted octanol–water partition coefficient (Wildman–Crippen LogP) is 5.19. The van der Waals surface area contributed by atoms with E-state index in [2.05, 4.69) is 47.1 Å². The number of nitrogens with zero attached hydrogens (tertiary/aromatic N) is 2. The van der Waals surface area contributed by atoms with Gasteiger partial charge in [0.25, 0.3) is 5.91 Å². The van der Waals surface area contributed by atoms with Gasteiger partial charge in [-0.25, -0.2) is 4.98 Å². The molecule has 0 saturated carbocycles. The van der Waals surface area contributed by atoms with Crippen LogP contribution < -0.4 is 5.32 Å². The van der Waals surface area contributed by atoms with Gasteiger partial charge in [0.1, 0.15) is 5.82 Å². The second kappa shape index (κ2) is 7.92. The number of nitrogens with one attached hydrogen (secondary N) is 1. The second-order valence-electron chi connectivity index (χ2n) is 7.54. The Bertz CT molecular complexity index is 1180. The molecule has 0 aliphatic heterocycles. The largest absolute Gasteiger partial charge is 0.342 e. The van der Waals surface area contributed by atoms with Crippen molar-refractivity contribution in [1.29, 1.82) is 0 Å². The SMILES string of the molecule is Cc1cccc(Cn2c(C(C)NC(=O)c3ccccc3C)nc3ccccc32)c1. The van der Waals surface area contributed by atoms with Crippen molar-refractivity contribution >= 4 is 16.9 Å². The Morgan fingerprint density at radius 1 is 1.00 bits per heavy atom. The molecule has 1 heterocycles. The summed E-state index contributed by atoms with van der Waals surface area (Å²) in [6.07, 6.45) is 0. The van der Waals surface area contributed by atoms with Crippen molar-refractivity contribution in [3.63, 3.8) is 0 Å². The minimum absolute atomic E-state index is 0.0789. The Labute approximate surface area is 171 Å². The van der Waals surface area contributed by atoms with E-state index in [0.717, 1.165) is 22.4 Å². The number of aromatic nitrogens is 2. The van der Waals surface area contributed by atoms with Crippen LogP contribution in [0.4, 0.5) is 0 Å². The molecule has 1 unspecified atom stereocenters. The Morgan fingerprint density at radius 2 is 1.76 bits per heavy atom. The number of fused-ring (bicyclic) bond motifs is 1. The van der Waals surface area contributed by atoms with Crippen LogP contribution in [0.15, 0.2) is 72.8 Å². The summed E-state index contributed by atoms with van der Waals surface area (Å²) < 4.78 is 2.20. The lowest BCUT2D eigenvalue weighted by Gasteiger charge is -2.17. The van der Waals surface area contributed by atoms with E-state index in [9.17, 15) is 4.79 Å². The van der Waals surface area contributed by atoms with Gasteiger partial charge in [0.15, 0.2) is 0 Å². The van der Waals surface area contributed by atoms with Gasteiger partial charge in [0, 0.05) is 12.1 Å². The van der Waals surface area contributed by atoms with Crippen LogP contribution in [0.3, 0.4) is 0 Å². The molecule has 4 rings (SSSR count). The quantitative estimate of drug-likeness (QED) is 0.515. The van der Waals surface area contributed by atoms with Gasteiger partial charge >= 0.3 is 0 Å². The van der Waals surface area contributed by atoms with Gasteiger partial charge in [-0.05, 0) is 50.1 Å². The van der Waals surface area contributed by atoms with Crippen molar-refractivity contribution in [2.45, 2.75) is 33.4 Å². The van der Waals surface area contributed by atoms with E-state index < -0.39 is 0 Å². The lowest BCUT2D eigenvalue weighted by Crippen LogP contribution is -2.29. The van der Waals surface area contributed by atoms with Gasteiger partial charge in [0.2, 0.25) is 0 Å². The summed E-state index contributed by atoms with van der Waals surface area (Å²) in [6, 6.07) is 24.0. The summed E-state index contributed by atoms with van der Waals surface area (Å²) in [5, 5.41) is 3.13. The van der Waals surface area contributed by atoms with E-state index in [-0.39, 0.29) is 11.9 Å². The highest BCUT2D eigenvalue weighted by Gasteiger charge is 2.20. The van der Waals surface area contributed by atoms with E-state index in [1.165, 1.54) is 11.1 Å². The monoisotopic (exact) mass is 383 g/mol. The zero-order chi connectivity index (χ0) is 20.4. The molecule has 0 aliphatic rings. The molecular formula is C25H25N3O. The van der Waals surface area contributed by atoms with Crippen LogP contribution in [0, 0.1) is 13.8 Å². The molecular weight excluding hydrogens is 358 g/mol. The molecule has 3 aromatic carbocycles. The average molecular weight is 383 g/mol. The third-order valence-electron chi connectivity index (χ3n) is 5.23. The van der Waals surface area contributed by atoms with Gasteiger partial charge in [-0.1, -0.05) is 60.2 Å². The molecule has 4 aromatic rings. The standard InChI is InChI=1S/C25H25N3O/c1-17-9-8-11-20(15-17)16-28-23-14-7-6-13-22(23)27-24(28)19(3)26-25(29)21-12-5-4-10-18(21)2/h4-15,19H,16H2,1-3H3,(H,26,29). The third-order valence-corrected chi connectivity index (χ3v) is 5.23. The molecule has 29 heavy (non-hydrogen) atoms. The lowest BCUT2D eigenvalue weighted by molar-refractivity contribution is 0.0937. The van der Waals surface area contributed by atoms with E-state index in [0.29, 0.717) is 12.1 Å². The van der Waals surface area contributed by atoms with Crippen molar-refractivity contribution in [3.8, 4) is 0 Å². The third kappa shape index (κ3) is 3.92. The predicted molar refractivity (Wildman–Crippen MR) is 117 cm³/mol. The number of aryl methyl sites for hydroxylation is 2. The number of hydrogen-bond acceptors (Lipinski definition) is 2. The average Bonchev–Trinajstić information content (AvgIpc) is 3.07. The highest BCUT2D eigenvalue weighted by Crippen LogP contribution is 2.23. The highest BCUT2D eigenvalue weighted by atomic mass is 16.1. The van der Waals surface area contributed by atoms with Crippen LogP contribution in [0.1, 0.15) is 45.8 Å². The van der Waals surface area contributed by atoms with E-state index >= 15 is 0 Å². The summed E-state index contributed by atoms with van der Waals surface area (Å²) in [5.74, 6) is 0.777. The fourth-order valence-corrected chi connectivity index (χ4v) is 3.75. The molecule has 0 radical (unpaired) electrons. The van der Waals surface area contributed by atoms with Crippen LogP contribution in [-0.4, -0.2) is 15.5 Å². The molecule has 1 N–H and O–H groups in total. The molecule has 0 saturated heterocycles. The van der Waals surface area contributed by atoms with Gasteiger partial charge in [-0.3, -0.25) is 4.79 Å². The fourth-order valence-electron chi connectivity index (χ4n) is 3.75. The normalized spacial score (nSPS) is 12.1. The second-order valence-corrected chi connectivity index (χ2v) is 7.54. The van der Waals surface area contributed by atoms with Crippen molar-refractivity contribution < 1.29 is 4.79 Å². The summed E-state index contributed by atoms with van der Waals surface area (Å²) in [4.78, 5) is 17.7. The number of imidazole rings is 1. The number of para-hydroxylation sites is 2. The molecule has 1 amide bonds. The van der Waals surface area contributed by atoms with Crippen LogP contribution in [0.25, 0.3) is 11.0 Å². The van der Waals surface area contributed by atoms with Crippen molar-refractivity contribution in [2.75, 3.05) is 0 Å². The Morgan fingerprint density at radius 3 is 2.55 bits per heavy atom. The molecule has 4 heteroatoms. The molecule has 1 atom stereocenters. The summed E-state index contributed by atoms with van der Waals surface area (Å²) >= 11 is 0. The van der Waals surface area contributed by atoms with Crippen LogP contribution in [0.2, 0.25) is 0 Å². The molecule has 0 bridgehead atoms. The Balaban J connectivity index is 1.69. The number of amides is 1. The van der Waals surface area contributed by atoms with Crippen molar-refractivity contribution in [1.82, 2.24) is 14.9 Å². The molecule has 146 valence electrons. The van der Waals surface area contributed by atoms with Gasteiger partial charge in [-0.15, -0.1) is 0 Å². The number of carbonyl (C=O) groups excluding carboxylic acids is 1. The Hall–Kier alpha value is -3.40. The first-order chi connectivity index (χ1) is 14.0.